The third-order valence-electron chi connectivity index (χ3n) is 10.7. The van der Waals surface area contributed by atoms with Gasteiger partial charge in [-0.3, -0.25) is 0 Å². The Bertz CT molecular complexity index is 3020. The molecule has 0 aliphatic heterocycles. The highest BCUT2D eigenvalue weighted by molar-refractivity contribution is 7.25. The largest absolute Gasteiger partial charge is 0.497 e. The minimum Gasteiger partial charge on any atom is -0.497 e. The third kappa shape index (κ3) is 6.46. The molecule has 0 aliphatic carbocycles. The lowest BCUT2D eigenvalue weighted by molar-refractivity contribution is 0.415. The molecule has 4 heteroatoms. The predicted octanol–water partition coefficient (Wildman–Crippen LogP) is 15.5. The molecule has 0 N–H and O–H groups in total. The minimum atomic E-state index is 0.784. The number of ether oxygens (including phenoxy) is 1. The summed E-state index contributed by atoms with van der Waals surface area (Å²) in [6.45, 7) is 0. The highest BCUT2D eigenvalue weighted by atomic mass is 32.1. The van der Waals surface area contributed by atoms with E-state index in [9.17, 15) is 0 Å². The van der Waals surface area contributed by atoms with Gasteiger partial charge < -0.3 is 14.5 Å². The van der Waals surface area contributed by atoms with Crippen LogP contribution in [0, 0.1) is 0 Å². The van der Waals surface area contributed by atoms with E-state index < -0.39 is 0 Å². The van der Waals surface area contributed by atoms with Gasteiger partial charge in [-0.1, -0.05) is 133 Å². The standard InChI is InChI=1S/C53H38N2OS/c1-56-45-34-39(33-44(35-45)55(41-21-6-3-7-22-41)51-28-12-10-25-48(51)47-27-15-17-37-16-8-9-24-46(37)47)38-18-14-23-42(32-38)54(40-19-4-2-5-20-40)43-30-31-50-49-26-11-13-29-52(49)57-53(50)36-43/h2-36H,1H3. The van der Waals surface area contributed by atoms with Crippen LogP contribution < -0.4 is 14.5 Å². The van der Waals surface area contributed by atoms with E-state index in [1.807, 2.05) is 11.3 Å². The Kier molecular flexibility index (Phi) is 8.94. The maximum absolute atomic E-state index is 6.06. The fourth-order valence-corrected chi connectivity index (χ4v) is 9.20. The van der Waals surface area contributed by atoms with Crippen molar-refractivity contribution in [3.8, 4) is 28.0 Å². The molecule has 0 bridgehead atoms. The van der Waals surface area contributed by atoms with Crippen LogP contribution in [0.1, 0.15) is 0 Å². The number of para-hydroxylation sites is 3. The smallest absolute Gasteiger partial charge is 0.121 e. The van der Waals surface area contributed by atoms with Crippen LogP contribution in [0.15, 0.2) is 212 Å². The predicted molar refractivity (Wildman–Crippen MR) is 244 cm³/mol. The normalized spacial score (nSPS) is 11.2. The van der Waals surface area contributed by atoms with Gasteiger partial charge in [0.15, 0.2) is 0 Å². The molecule has 0 spiro atoms. The second-order valence-corrected chi connectivity index (χ2v) is 15.2. The molecule has 0 aliphatic rings. The molecule has 57 heavy (non-hydrogen) atoms. The number of hydrogen-bond acceptors (Lipinski definition) is 4. The van der Waals surface area contributed by atoms with Crippen molar-refractivity contribution in [3.05, 3.63) is 212 Å². The molecule has 1 heterocycles. The zero-order valence-corrected chi connectivity index (χ0v) is 32.2. The summed E-state index contributed by atoms with van der Waals surface area (Å²) in [6.07, 6.45) is 0. The quantitative estimate of drug-likeness (QED) is 0.146. The van der Waals surface area contributed by atoms with E-state index >= 15 is 0 Å². The van der Waals surface area contributed by atoms with Crippen molar-refractivity contribution in [2.75, 3.05) is 16.9 Å². The molecule has 0 unspecified atom stereocenters. The summed E-state index contributed by atoms with van der Waals surface area (Å²) in [4.78, 5) is 4.70. The first-order chi connectivity index (χ1) is 28.2. The third-order valence-corrected chi connectivity index (χ3v) is 11.8. The molecule has 3 nitrogen and oxygen atoms in total. The molecule has 0 radical (unpaired) electrons. The van der Waals surface area contributed by atoms with E-state index in [-0.39, 0.29) is 0 Å². The molecule has 0 amide bonds. The Morgan fingerprint density at radius 1 is 0.368 bits per heavy atom. The summed E-state index contributed by atoms with van der Waals surface area (Å²) in [5.41, 5.74) is 10.9. The number of fused-ring (bicyclic) bond motifs is 4. The van der Waals surface area contributed by atoms with E-state index in [1.54, 1.807) is 7.11 Å². The average Bonchev–Trinajstić information content (AvgIpc) is 3.65. The Morgan fingerprint density at radius 3 is 1.79 bits per heavy atom. The lowest BCUT2D eigenvalue weighted by atomic mass is 9.96. The van der Waals surface area contributed by atoms with E-state index in [0.717, 1.165) is 56.6 Å². The fourth-order valence-electron chi connectivity index (χ4n) is 8.06. The molecule has 0 saturated carbocycles. The van der Waals surface area contributed by atoms with Gasteiger partial charge in [0.1, 0.15) is 5.75 Å². The Labute approximate surface area is 336 Å². The summed E-state index contributed by atoms with van der Waals surface area (Å²) in [7, 11) is 1.75. The zero-order valence-electron chi connectivity index (χ0n) is 31.4. The van der Waals surface area contributed by atoms with Gasteiger partial charge in [-0.05, 0) is 100 Å². The van der Waals surface area contributed by atoms with E-state index in [1.165, 1.54) is 36.5 Å². The number of thiophene rings is 1. The number of nitrogens with zero attached hydrogens (tertiary/aromatic N) is 2. The van der Waals surface area contributed by atoms with Crippen molar-refractivity contribution in [2.24, 2.45) is 0 Å². The van der Waals surface area contributed by atoms with Crippen LogP contribution in [0.5, 0.6) is 5.75 Å². The van der Waals surface area contributed by atoms with Crippen molar-refractivity contribution in [3.63, 3.8) is 0 Å². The topological polar surface area (TPSA) is 15.7 Å². The monoisotopic (exact) mass is 750 g/mol. The van der Waals surface area contributed by atoms with E-state index in [4.69, 9.17) is 4.74 Å². The van der Waals surface area contributed by atoms with Crippen LogP contribution in [0.25, 0.3) is 53.2 Å². The van der Waals surface area contributed by atoms with Crippen LogP contribution in [-0.4, -0.2) is 7.11 Å². The molecule has 10 rings (SSSR count). The molecule has 10 aromatic rings. The Morgan fingerprint density at radius 2 is 0.965 bits per heavy atom. The maximum atomic E-state index is 6.06. The molecule has 0 saturated heterocycles. The molecule has 0 atom stereocenters. The van der Waals surface area contributed by atoms with Gasteiger partial charge in [-0.25, -0.2) is 0 Å². The summed E-state index contributed by atoms with van der Waals surface area (Å²) < 4.78 is 8.63. The Balaban J connectivity index is 1.12. The summed E-state index contributed by atoms with van der Waals surface area (Å²) in [5, 5.41) is 5.02. The second-order valence-electron chi connectivity index (χ2n) is 14.1. The van der Waals surface area contributed by atoms with Crippen LogP contribution >= 0.6 is 11.3 Å². The molecule has 272 valence electrons. The van der Waals surface area contributed by atoms with Gasteiger partial charge in [0, 0.05) is 54.6 Å². The number of benzene rings is 9. The maximum Gasteiger partial charge on any atom is 0.121 e. The first-order valence-electron chi connectivity index (χ1n) is 19.2. The van der Waals surface area contributed by atoms with Gasteiger partial charge in [-0.15, -0.1) is 11.3 Å². The van der Waals surface area contributed by atoms with Crippen molar-refractivity contribution >= 4 is 76.4 Å². The van der Waals surface area contributed by atoms with Crippen molar-refractivity contribution in [2.45, 2.75) is 0 Å². The molecular weight excluding hydrogens is 713 g/mol. The van der Waals surface area contributed by atoms with Gasteiger partial charge in [0.2, 0.25) is 0 Å². The lowest BCUT2D eigenvalue weighted by Gasteiger charge is -2.29. The highest BCUT2D eigenvalue weighted by Crippen LogP contribution is 2.46. The minimum absolute atomic E-state index is 0.784. The van der Waals surface area contributed by atoms with Crippen LogP contribution in [0.3, 0.4) is 0 Å². The first kappa shape index (κ1) is 34.4. The summed E-state index contributed by atoms with van der Waals surface area (Å²) >= 11 is 1.84. The van der Waals surface area contributed by atoms with Gasteiger partial charge >= 0.3 is 0 Å². The molecular formula is C53H38N2OS. The SMILES string of the molecule is COc1cc(-c2cccc(N(c3ccccc3)c3ccc4c(c3)sc3ccccc34)c2)cc(N(c2ccccc2)c2ccccc2-c2cccc3ccccc23)c1. The average molecular weight is 751 g/mol. The molecule has 1 aromatic heterocycles. The first-order valence-corrected chi connectivity index (χ1v) is 20.0. The van der Waals surface area contributed by atoms with E-state index in [0.29, 0.717) is 0 Å². The number of hydrogen-bond donors (Lipinski definition) is 0. The highest BCUT2D eigenvalue weighted by Gasteiger charge is 2.21. The summed E-state index contributed by atoms with van der Waals surface area (Å²) in [6, 6.07) is 76.0. The molecule has 0 fully saturated rings. The zero-order chi connectivity index (χ0) is 38.1. The van der Waals surface area contributed by atoms with Gasteiger partial charge in [-0.2, -0.15) is 0 Å². The lowest BCUT2D eigenvalue weighted by Crippen LogP contribution is -2.11. The van der Waals surface area contributed by atoms with Crippen LogP contribution in [-0.2, 0) is 0 Å². The van der Waals surface area contributed by atoms with Crippen LogP contribution in [0.2, 0.25) is 0 Å². The van der Waals surface area contributed by atoms with Crippen LogP contribution in [0.4, 0.5) is 34.1 Å². The number of methoxy groups -OCH3 is 1. The number of rotatable bonds is 9. The molecule has 9 aromatic carbocycles. The second kappa shape index (κ2) is 14.8. The Hall–Kier alpha value is -7.14. The van der Waals surface area contributed by atoms with E-state index in [2.05, 4.69) is 222 Å². The van der Waals surface area contributed by atoms with Gasteiger partial charge in [0.25, 0.3) is 0 Å². The van der Waals surface area contributed by atoms with Crippen molar-refractivity contribution in [1.29, 1.82) is 0 Å². The fraction of sp³-hybridized carbons (Fsp3) is 0.0189. The number of anilines is 6. The van der Waals surface area contributed by atoms with Crippen molar-refractivity contribution < 1.29 is 4.74 Å². The summed E-state index contributed by atoms with van der Waals surface area (Å²) in [5.74, 6) is 0.784. The van der Waals surface area contributed by atoms with Gasteiger partial charge in [0.05, 0.1) is 18.5 Å². The van der Waals surface area contributed by atoms with Crippen molar-refractivity contribution in [1.82, 2.24) is 0 Å².